The van der Waals surface area contributed by atoms with E-state index in [4.69, 9.17) is 4.74 Å². The molecular weight excluding hydrogens is 284 g/mol. The molecule has 2 heteroatoms. The number of benzene rings is 1. The summed E-state index contributed by atoms with van der Waals surface area (Å²) < 4.78 is 4.94. The molecule has 1 aromatic rings. The topological polar surface area (TPSA) is 26.3 Å². The number of carbonyl (C=O) groups is 1. The molecule has 0 N–H and O–H groups in total. The van der Waals surface area contributed by atoms with E-state index in [1.54, 1.807) is 0 Å². The quantitative estimate of drug-likeness (QED) is 0.575. The van der Waals surface area contributed by atoms with Crippen LogP contribution in [0.15, 0.2) is 30.9 Å². The molecule has 0 radical (unpaired) electrons. The molecule has 0 aromatic heterocycles. The van der Waals surface area contributed by atoms with Gasteiger partial charge in [0.1, 0.15) is 0 Å². The Kier molecular flexibility index (Phi) is 4.14. The molecule has 0 saturated heterocycles. The van der Waals surface area contributed by atoms with Crippen molar-refractivity contribution in [3.05, 3.63) is 64.3 Å². The van der Waals surface area contributed by atoms with Crippen molar-refractivity contribution >= 4 is 11.5 Å². The molecule has 1 atom stereocenters. The zero-order chi connectivity index (χ0) is 17.7. The summed E-state index contributed by atoms with van der Waals surface area (Å²) in [6.45, 7) is 23.1. The van der Waals surface area contributed by atoms with Crippen LogP contribution in [-0.2, 0) is 14.9 Å². The molecule has 0 aliphatic heterocycles. The van der Waals surface area contributed by atoms with Crippen molar-refractivity contribution in [2.24, 2.45) is 0 Å². The highest BCUT2D eigenvalue weighted by Crippen LogP contribution is 2.51. The molecule has 1 unspecified atom stereocenters. The smallest absolute Gasteiger partial charge is 0.334 e. The first-order chi connectivity index (χ1) is 10.6. The van der Waals surface area contributed by atoms with Crippen molar-refractivity contribution in [2.45, 2.75) is 46.5 Å². The molecule has 0 amide bonds. The number of hydrogen-bond donors (Lipinski definition) is 0. The van der Waals surface area contributed by atoms with Gasteiger partial charge in [-0.2, -0.15) is 0 Å². The predicted molar refractivity (Wildman–Crippen MR) is 96.7 cm³/mol. The summed E-state index contributed by atoms with van der Waals surface area (Å²) in [5, 5.41) is 0. The summed E-state index contributed by atoms with van der Waals surface area (Å²) in [5.74, 6) is -0.367. The van der Waals surface area contributed by atoms with Gasteiger partial charge in [0.05, 0.1) is 7.11 Å². The van der Waals surface area contributed by atoms with E-state index in [-0.39, 0.29) is 5.97 Å². The number of hydrogen-bond acceptors (Lipinski definition) is 2. The minimum Gasteiger partial charge on any atom is -0.466 e. The van der Waals surface area contributed by atoms with Crippen molar-refractivity contribution in [3.63, 3.8) is 0 Å². The molecule has 2 nitrogen and oxygen atoms in total. The number of ether oxygens (including phenoxy) is 1. The second kappa shape index (κ2) is 5.52. The molecule has 1 aromatic carbocycles. The molecule has 0 spiro atoms. The molecule has 1 aliphatic rings. The van der Waals surface area contributed by atoms with Gasteiger partial charge in [-0.1, -0.05) is 26.7 Å². The summed E-state index contributed by atoms with van der Waals surface area (Å²) in [7, 11) is 1.40. The summed E-state index contributed by atoms with van der Waals surface area (Å²) in [5.41, 5.74) is 9.07. The Hall–Kier alpha value is -2.09. The number of carbonyl (C=O) groups excluding carboxylic acids is 1. The van der Waals surface area contributed by atoms with Gasteiger partial charge < -0.3 is 4.74 Å². The fourth-order valence-electron chi connectivity index (χ4n) is 3.78. The molecule has 23 heavy (non-hydrogen) atoms. The van der Waals surface area contributed by atoms with E-state index in [9.17, 15) is 4.79 Å². The van der Waals surface area contributed by atoms with Crippen molar-refractivity contribution < 1.29 is 9.53 Å². The van der Waals surface area contributed by atoms with E-state index in [0.29, 0.717) is 12.0 Å². The van der Waals surface area contributed by atoms with E-state index >= 15 is 0 Å². The van der Waals surface area contributed by atoms with Crippen LogP contribution in [0.1, 0.15) is 46.7 Å². The lowest BCUT2D eigenvalue weighted by molar-refractivity contribution is -0.136. The highest BCUT2D eigenvalue weighted by atomic mass is 16.5. The number of rotatable bonds is 2. The van der Waals surface area contributed by atoms with Gasteiger partial charge in [-0.25, -0.2) is 4.79 Å². The second-order valence-electron chi connectivity index (χ2n) is 6.81. The average Bonchev–Trinajstić information content (AvgIpc) is 2.52. The van der Waals surface area contributed by atoms with E-state index in [1.165, 1.54) is 29.4 Å². The number of fused-ring (bicyclic) bond motifs is 1. The van der Waals surface area contributed by atoms with Gasteiger partial charge in [-0.3, -0.25) is 0 Å². The maximum Gasteiger partial charge on any atom is 0.334 e. The Morgan fingerprint density at radius 2 is 1.57 bits per heavy atom. The van der Waals surface area contributed by atoms with Crippen LogP contribution in [0.2, 0.25) is 0 Å². The van der Waals surface area contributed by atoms with Gasteiger partial charge in [0.15, 0.2) is 0 Å². The normalized spacial score (nSPS) is 20.3. The summed E-state index contributed by atoms with van der Waals surface area (Å²) in [6.07, 6.45) is 0.634. The molecule has 0 heterocycles. The summed E-state index contributed by atoms with van der Waals surface area (Å²) in [4.78, 5) is 12.2. The van der Waals surface area contributed by atoms with Crippen molar-refractivity contribution in [3.8, 4) is 0 Å². The Bertz CT molecular complexity index is 765. The monoisotopic (exact) mass is 310 g/mol. The SMILES string of the molecule is C=C1CC(C)(C(=C)C(=O)OC)c2c(C)c(C)c(C)c(C)c2C1=C. The predicted octanol–water partition coefficient (Wildman–Crippen LogP) is 4.88. The average molecular weight is 310 g/mol. The van der Waals surface area contributed by atoms with Crippen LogP contribution in [0.5, 0.6) is 0 Å². The van der Waals surface area contributed by atoms with Crippen molar-refractivity contribution in [1.29, 1.82) is 0 Å². The fourth-order valence-corrected chi connectivity index (χ4v) is 3.78. The number of methoxy groups -OCH3 is 1. The Morgan fingerprint density at radius 3 is 2.09 bits per heavy atom. The Balaban J connectivity index is 2.91. The lowest BCUT2D eigenvalue weighted by Gasteiger charge is -2.41. The zero-order valence-corrected chi connectivity index (χ0v) is 15.1. The van der Waals surface area contributed by atoms with Gasteiger partial charge >= 0.3 is 5.97 Å². The third-order valence-electron chi connectivity index (χ3n) is 5.63. The first kappa shape index (κ1) is 17.3. The summed E-state index contributed by atoms with van der Waals surface area (Å²) in [6, 6.07) is 0. The van der Waals surface area contributed by atoms with Crippen LogP contribution in [0.3, 0.4) is 0 Å². The summed E-state index contributed by atoms with van der Waals surface area (Å²) >= 11 is 0. The van der Waals surface area contributed by atoms with Gasteiger partial charge in [0.2, 0.25) is 0 Å². The van der Waals surface area contributed by atoms with E-state index in [1.807, 2.05) is 0 Å². The lowest BCUT2D eigenvalue weighted by Crippen LogP contribution is -2.35. The minimum absolute atomic E-state index is 0.367. The highest BCUT2D eigenvalue weighted by Gasteiger charge is 2.42. The molecule has 0 saturated carbocycles. The third-order valence-corrected chi connectivity index (χ3v) is 5.63. The fraction of sp³-hybridized carbons (Fsp3) is 0.381. The van der Waals surface area contributed by atoms with Crippen molar-refractivity contribution in [2.75, 3.05) is 7.11 Å². The van der Waals surface area contributed by atoms with Crippen LogP contribution < -0.4 is 0 Å². The van der Waals surface area contributed by atoms with E-state index in [2.05, 4.69) is 54.4 Å². The molecule has 122 valence electrons. The lowest BCUT2D eigenvalue weighted by atomic mass is 9.61. The molecule has 0 bridgehead atoms. The zero-order valence-electron chi connectivity index (χ0n) is 15.1. The largest absolute Gasteiger partial charge is 0.466 e. The van der Waals surface area contributed by atoms with Gasteiger partial charge in [0, 0.05) is 11.0 Å². The van der Waals surface area contributed by atoms with Crippen molar-refractivity contribution in [1.82, 2.24) is 0 Å². The first-order valence-corrected chi connectivity index (χ1v) is 7.83. The molecule has 0 fully saturated rings. The van der Waals surface area contributed by atoms with Gasteiger partial charge in [-0.15, -0.1) is 0 Å². The van der Waals surface area contributed by atoms with Crippen LogP contribution in [0, 0.1) is 27.7 Å². The number of esters is 1. The van der Waals surface area contributed by atoms with Crippen LogP contribution >= 0.6 is 0 Å². The maximum absolute atomic E-state index is 12.2. The first-order valence-electron chi connectivity index (χ1n) is 7.83. The van der Waals surface area contributed by atoms with Gasteiger partial charge in [-0.05, 0) is 78.6 Å². The maximum atomic E-state index is 12.2. The van der Waals surface area contributed by atoms with Crippen LogP contribution in [-0.4, -0.2) is 13.1 Å². The standard InChI is InChI=1S/C21H26O2/c1-11-10-21(8,17(7)20(22)23-9)19-16(6)14(4)13(3)15(5)18(19)12(11)2/h1-2,7,10H2,3-6,8-9H3. The second-order valence-corrected chi connectivity index (χ2v) is 6.81. The van der Waals surface area contributed by atoms with E-state index < -0.39 is 5.41 Å². The molecule has 1 aliphatic carbocycles. The minimum atomic E-state index is -0.520. The Morgan fingerprint density at radius 1 is 1.04 bits per heavy atom. The number of allylic oxidation sites excluding steroid dienone is 2. The third kappa shape index (κ3) is 2.28. The Labute approximate surface area is 139 Å². The molecular formula is C21H26O2. The van der Waals surface area contributed by atoms with Crippen LogP contribution in [0.4, 0.5) is 0 Å². The van der Waals surface area contributed by atoms with Gasteiger partial charge in [0.25, 0.3) is 0 Å². The highest BCUT2D eigenvalue weighted by molar-refractivity contribution is 5.94. The van der Waals surface area contributed by atoms with E-state index in [0.717, 1.165) is 22.3 Å². The van der Waals surface area contributed by atoms with Crippen LogP contribution in [0.25, 0.3) is 5.57 Å². The molecule has 2 rings (SSSR count).